The maximum Gasteiger partial charge on any atom is 0.331 e. The van der Waals surface area contributed by atoms with Crippen LogP contribution in [0.15, 0.2) is 72.9 Å². The van der Waals surface area contributed by atoms with Gasteiger partial charge in [-0.15, -0.1) is 0 Å². The minimum atomic E-state index is -0.915. The molecule has 3 amide bonds. The average Bonchev–Trinajstić information content (AvgIpc) is 3.20. The molecule has 3 fully saturated rings. The quantitative estimate of drug-likeness (QED) is 0.204. The summed E-state index contributed by atoms with van der Waals surface area (Å²) in [6.07, 6.45) is 4.98. The largest absolute Gasteiger partial charge is 0.497 e. The van der Waals surface area contributed by atoms with Gasteiger partial charge in [-0.3, -0.25) is 19.5 Å². The first-order chi connectivity index (χ1) is 26.3. The second kappa shape index (κ2) is 15.7. The topological polar surface area (TPSA) is 106 Å². The molecular formula is C42H49FN8O3. The maximum atomic E-state index is 15.8. The Kier molecular flexibility index (Phi) is 10.5. The van der Waals surface area contributed by atoms with E-state index >= 15 is 4.39 Å². The minimum Gasteiger partial charge on any atom is -0.497 e. The molecule has 4 aliphatic heterocycles. The number of carbonyl (C=O) groups is 2. The number of piperidine rings is 2. The van der Waals surface area contributed by atoms with Crippen molar-refractivity contribution in [3.8, 4) is 5.75 Å². The van der Waals surface area contributed by atoms with Crippen LogP contribution in [0.2, 0.25) is 0 Å². The first-order valence-corrected chi connectivity index (χ1v) is 19.2. The fourth-order valence-electron chi connectivity index (χ4n) is 8.48. The summed E-state index contributed by atoms with van der Waals surface area (Å²) in [5.41, 5.74) is 8.00. The number of aryl methyl sites for hydroxylation is 1. The molecule has 1 aromatic heterocycles. The van der Waals surface area contributed by atoms with Gasteiger partial charge in [0.05, 0.1) is 19.3 Å². The number of likely N-dealkylation sites (tertiary alicyclic amines) is 1. The summed E-state index contributed by atoms with van der Waals surface area (Å²) in [7, 11) is 1.61. The van der Waals surface area contributed by atoms with Gasteiger partial charge in [-0.05, 0) is 110 Å². The lowest BCUT2D eigenvalue weighted by molar-refractivity contribution is -0.129. The molecule has 0 spiro atoms. The number of rotatable bonds is 9. The number of hydrogen-bond acceptors (Lipinski definition) is 9. The van der Waals surface area contributed by atoms with Crippen LogP contribution in [0.5, 0.6) is 5.75 Å². The number of carbonyl (C=O) groups excluding carboxylic acids is 2. The second-order valence-electron chi connectivity index (χ2n) is 14.9. The first-order valence-electron chi connectivity index (χ1n) is 19.2. The Morgan fingerprint density at radius 2 is 1.74 bits per heavy atom. The Morgan fingerprint density at radius 1 is 0.944 bits per heavy atom. The number of anilines is 4. The van der Waals surface area contributed by atoms with Crippen molar-refractivity contribution in [3.63, 3.8) is 0 Å². The number of benzene rings is 3. The molecular weight excluding hydrogens is 684 g/mol. The summed E-state index contributed by atoms with van der Waals surface area (Å²) >= 11 is 0. The molecule has 2 unspecified atom stereocenters. The third-order valence-electron chi connectivity index (χ3n) is 11.6. The van der Waals surface area contributed by atoms with E-state index in [0.717, 1.165) is 104 Å². The van der Waals surface area contributed by atoms with Crippen molar-refractivity contribution in [2.24, 2.45) is 0 Å². The molecule has 5 heterocycles. The standard InChI is InChI=1S/C42H49FN8O3/c1-28-23-34(9-12-39(28)50-22-17-40(52)51(42(50)53)26-29-3-10-35(54-2)11-4-29)48-19-14-33(15-20-48)49-21-16-36(37(43)27-49)30-5-7-32(8-6-30)46-41-45-24-31-13-18-44-25-38(31)47-41/h3-12,23-24,33,36-37,44H,13-22,25-27H2,1-2H3,(H,45,46,47). The number of nitrogens with one attached hydrogen (secondary N) is 2. The second-order valence-corrected chi connectivity index (χ2v) is 14.9. The molecule has 282 valence electrons. The van der Waals surface area contributed by atoms with Gasteiger partial charge in [-0.1, -0.05) is 24.3 Å². The van der Waals surface area contributed by atoms with Crippen molar-refractivity contribution in [2.75, 3.05) is 61.5 Å². The van der Waals surface area contributed by atoms with E-state index in [-0.39, 0.29) is 30.8 Å². The highest BCUT2D eigenvalue weighted by molar-refractivity contribution is 6.06. The summed E-state index contributed by atoms with van der Waals surface area (Å²) in [5, 5.41) is 6.66. The third-order valence-corrected chi connectivity index (χ3v) is 11.6. The van der Waals surface area contributed by atoms with Gasteiger partial charge in [-0.2, -0.15) is 0 Å². The summed E-state index contributed by atoms with van der Waals surface area (Å²) in [6, 6.07) is 21.8. The normalized spacial score (nSPS) is 21.3. The number of halogens is 1. The maximum absolute atomic E-state index is 15.8. The number of hydrogen-bond donors (Lipinski definition) is 2. The highest BCUT2D eigenvalue weighted by Crippen LogP contribution is 2.35. The molecule has 54 heavy (non-hydrogen) atoms. The zero-order valence-corrected chi connectivity index (χ0v) is 31.1. The van der Waals surface area contributed by atoms with E-state index in [0.29, 0.717) is 25.1 Å². The number of fused-ring (bicyclic) bond motifs is 1. The summed E-state index contributed by atoms with van der Waals surface area (Å²) in [5.74, 6) is 1.04. The van der Waals surface area contributed by atoms with Crippen LogP contribution in [0.3, 0.4) is 0 Å². The van der Waals surface area contributed by atoms with Crippen LogP contribution in [0.4, 0.5) is 32.2 Å². The minimum absolute atomic E-state index is 0.109. The van der Waals surface area contributed by atoms with E-state index in [1.54, 1.807) is 12.0 Å². The Morgan fingerprint density at radius 3 is 2.48 bits per heavy atom. The Hall–Kier alpha value is -5.07. The van der Waals surface area contributed by atoms with Crippen molar-refractivity contribution < 1.29 is 18.7 Å². The molecule has 4 aliphatic rings. The van der Waals surface area contributed by atoms with E-state index in [2.05, 4.69) is 42.5 Å². The lowest BCUT2D eigenvalue weighted by Gasteiger charge is -2.43. The molecule has 0 radical (unpaired) electrons. The Labute approximate surface area is 316 Å². The smallest absolute Gasteiger partial charge is 0.331 e. The number of aromatic nitrogens is 2. The van der Waals surface area contributed by atoms with Crippen molar-refractivity contribution in [1.29, 1.82) is 0 Å². The van der Waals surface area contributed by atoms with E-state index in [1.165, 1.54) is 10.5 Å². The SMILES string of the molecule is COc1ccc(CN2C(=O)CCN(c3ccc(N4CCC(N5CCC(c6ccc(Nc7ncc8c(n7)CNCC8)cc6)C(F)C5)CC4)cc3C)C2=O)cc1. The van der Waals surface area contributed by atoms with E-state index in [4.69, 9.17) is 4.74 Å². The van der Waals surface area contributed by atoms with Gasteiger partial charge in [0.2, 0.25) is 11.9 Å². The molecule has 4 aromatic rings. The Balaban J connectivity index is 0.830. The first kappa shape index (κ1) is 35.9. The molecule has 3 saturated heterocycles. The molecule has 8 rings (SSSR count). The molecule has 12 heteroatoms. The number of ether oxygens (including phenoxy) is 1. The lowest BCUT2D eigenvalue weighted by atomic mass is 9.86. The van der Waals surface area contributed by atoms with Crippen molar-refractivity contribution >= 4 is 34.9 Å². The van der Waals surface area contributed by atoms with Gasteiger partial charge in [0.1, 0.15) is 11.9 Å². The van der Waals surface area contributed by atoms with Crippen LogP contribution in [-0.4, -0.2) is 90.3 Å². The van der Waals surface area contributed by atoms with Crippen molar-refractivity contribution in [3.05, 3.63) is 101 Å². The number of methoxy groups -OCH3 is 1. The summed E-state index contributed by atoms with van der Waals surface area (Å²) in [6.45, 7) is 7.47. The van der Waals surface area contributed by atoms with Gasteiger partial charge < -0.3 is 20.3 Å². The third kappa shape index (κ3) is 7.63. The predicted molar refractivity (Wildman–Crippen MR) is 208 cm³/mol. The molecule has 0 saturated carbocycles. The van der Waals surface area contributed by atoms with Gasteiger partial charge in [-0.25, -0.2) is 19.2 Å². The van der Waals surface area contributed by atoms with Crippen molar-refractivity contribution in [2.45, 2.75) is 70.2 Å². The number of nitrogens with zero attached hydrogens (tertiary/aromatic N) is 6. The van der Waals surface area contributed by atoms with Crippen LogP contribution in [0, 0.1) is 6.92 Å². The molecule has 0 bridgehead atoms. The summed E-state index contributed by atoms with van der Waals surface area (Å²) in [4.78, 5) is 43.4. The average molecular weight is 733 g/mol. The highest BCUT2D eigenvalue weighted by Gasteiger charge is 2.36. The Bertz CT molecular complexity index is 1970. The summed E-state index contributed by atoms with van der Waals surface area (Å²) < 4.78 is 21.0. The van der Waals surface area contributed by atoms with E-state index in [1.807, 2.05) is 67.7 Å². The fourth-order valence-corrected chi connectivity index (χ4v) is 8.48. The van der Waals surface area contributed by atoms with Crippen LogP contribution >= 0.6 is 0 Å². The fraction of sp³-hybridized carbons (Fsp3) is 0.429. The highest BCUT2D eigenvalue weighted by atomic mass is 19.1. The molecule has 2 atom stereocenters. The molecule has 0 aliphatic carbocycles. The van der Waals surface area contributed by atoms with E-state index in [9.17, 15) is 9.59 Å². The van der Waals surface area contributed by atoms with E-state index < -0.39 is 6.17 Å². The zero-order chi connectivity index (χ0) is 37.2. The van der Waals surface area contributed by atoms with Gasteiger partial charge >= 0.3 is 6.03 Å². The number of imide groups is 1. The monoisotopic (exact) mass is 732 g/mol. The van der Waals surface area contributed by atoms with Crippen LogP contribution in [-0.2, 0) is 24.3 Å². The number of amides is 3. The molecule has 3 aromatic carbocycles. The number of alkyl halides is 1. The van der Waals surface area contributed by atoms with Crippen LogP contribution in [0.25, 0.3) is 0 Å². The molecule has 2 N–H and O–H groups in total. The van der Waals surface area contributed by atoms with Gasteiger partial charge in [0, 0.05) is 74.4 Å². The zero-order valence-electron chi connectivity index (χ0n) is 31.1. The predicted octanol–water partition coefficient (Wildman–Crippen LogP) is 6.34. The van der Waals surface area contributed by atoms with Crippen LogP contribution < -0.4 is 25.2 Å². The van der Waals surface area contributed by atoms with Crippen LogP contribution in [0.1, 0.15) is 59.5 Å². The van der Waals surface area contributed by atoms with Gasteiger partial charge in [0.25, 0.3) is 0 Å². The lowest BCUT2D eigenvalue weighted by Crippen LogP contribution is -2.52. The van der Waals surface area contributed by atoms with Crippen molar-refractivity contribution in [1.82, 2.24) is 25.1 Å². The molecule has 11 nitrogen and oxygen atoms in total. The number of urea groups is 1. The van der Waals surface area contributed by atoms with Gasteiger partial charge in [0.15, 0.2) is 0 Å².